The van der Waals surface area contributed by atoms with Crippen LogP contribution in [0.15, 0.2) is 18.2 Å². The van der Waals surface area contributed by atoms with Gasteiger partial charge in [-0.05, 0) is 18.4 Å². The SMILES string of the molecule is COc1cccc(CN2CCC3(CC2)CN(CCC(C)C)C(=O)O3)c1OC. The maximum absolute atomic E-state index is 12.2. The van der Waals surface area contributed by atoms with Gasteiger partial charge in [0, 0.05) is 44.6 Å². The minimum atomic E-state index is -0.303. The smallest absolute Gasteiger partial charge is 0.410 e. The van der Waals surface area contributed by atoms with E-state index in [1.165, 1.54) is 0 Å². The maximum Gasteiger partial charge on any atom is 0.410 e. The summed E-state index contributed by atoms with van der Waals surface area (Å²) in [6.07, 6.45) is 2.64. The Labute approximate surface area is 162 Å². The largest absolute Gasteiger partial charge is 0.493 e. The van der Waals surface area contributed by atoms with E-state index in [4.69, 9.17) is 14.2 Å². The lowest BCUT2D eigenvalue weighted by Crippen LogP contribution is -2.46. The van der Waals surface area contributed by atoms with Crippen molar-refractivity contribution in [1.82, 2.24) is 9.80 Å². The minimum absolute atomic E-state index is 0.140. The molecule has 3 rings (SSSR count). The van der Waals surface area contributed by atoms with Gasteiger partial charge >= 0.3 is 6.09 Å². The Bertz CT molecular complexity index is 654. The first-order valence-electron chi connectivity index (χ1n) is 9.86. The van der Waals surface area contributed by atoms with Gasteiger partial charge in [0.25, 0.3) is 0 Å². The summed E-state index contributed by atoms with van der Waals surface area (Å²) in [5.41, 5.74) is 0.818. The highest BCUT2D eigenvalue weighted by Crippen LogP contribution is 2.36. The number of ether oxygens (including phenoxy) is 3. The average molecular weight is 376 g/mol. The van der Waals surface area contributed by atoms with Gasteiger partial charge in [-0.2, -0.15) is 0 Å². The first-order chi connectivity index (χ1) is 13.0. The summed E-state index contributed by atoms with van der Waals surface area (Å²) in [5.74, 6) is 2.15. The van der Waals surface area contributed by atoms with Crippen molar-refractivity contribution in [1.29, 1.82) is 0 Å². The average Bonchev–Trinajstić information content (AvgIpc) is 2.97. The summed E-state index contributed by atoms with van der Waals surface area (Å²) in [6.45, 7) is 8.52. The number of hydrogen-bond acceptors (Lipinski definition) is 5. The molecule has 1 aromatic carbocycles. The van der Waals surface area contributed by atoms with Crippen LogP contribution in [0.5, 0.6) is 11.5 Å². The van der Waals surface area contributed by atoms with E-state index in [0.29, 0.717) is 5.92 Å². The highest BCUT2D eigenvalue weighted by atomic mass is 16.6. The Morgan fingerprint density at radius 3 is 2.56 bits per heavy atom. The predicted octanol–water partition coefficient (Wildman–Crippen LogP) is 3.54. The lowest BCUT2D eigenvalue weighted by molar-refractivity contribution is -0.00138. The minimum Gasteiger partial charge on any atom is -0.493 e. The quantitative estimate of drug-likeness (QED) is 0.729. The molecule has 1 aromatic rings. The van der Waals surface area contributed by atoms with Crippen LogP contribution >= 0.6 is 0 Å². The van der Waals surface area contributed by atoms with Gasteiger partial charge in [-0.25, -0.2) is 4.79 Å². The molecule has 6 nitrogen and oxygen atoms in total. The summed E-state index contributed by atoms with van der Waals surface area (Å²) in [7, 11) is 3.34. The molecule has 1 spiro atoms. The number of nitrogens with zero attached hydrogens (tertiary/aromatic N) is 2. The second-order valence-electron chi connectivity index (χ2n) is 8.08. The van der Waals surface area contributed by atoms with Crippen molar-refractivity contribution in [2.75, 3.05) is 40.4 Å². The van der Waals surface area contributed by atoms with Gasteiger partial charge in [-0.15, -0.1) is 0 Å². The van der Waals surface area contributed by atoms with Gasteiger partial charge < -0.3 is 19.1 Å². The molecule has 27 heavy (non-hydrogen) atoms. The normalized spacial score (nSPS) is 19.6. The highest BCUT2D eigenvalue weighted by Gasteiger charge is 2.46. The van der Waals surface area contributed by atoms with E-state index in [9.17, 15) is 4.79 Å². The van der Waals surface area contributed by atoms with Gasteiger partial charge in [0.15, 0.2) is 11.5 Å². The molecule has 0 unspecified atom stereocenters. The lowest BCUT2D eigenvalue weighted by Gasteiger charge is -2.37. The molecule has 2 saturated heterocycles. The van der Waals surface area contributed by atoms with E-state index in [1.807, 2.05) is 17.0 Å². The summed E-state index contributed by atoms with van der Waals surface area (Å²) >= 11 is 0. The molecule has 2 aliphatic heterocycles. The fourth-order valence-corrected chi connectivity index (χ4v) is 3.98. The van der Waals surface area contributed by atoms with Crippen molar-refractivity contribution >= 4 is 6.09 Å². The van der Waals surface area contributed by atoms with E-state index in [0.717, 1.165) is 69.0 Å². The number of amides is 1. The van der Waals surface area contributed by atoms with E-state index in [1.54, 1.807) is 14.2 Å². The molecule has 0 aromatic heterocycles. The zero-order valence-corrected chi connectivity index (χ0v) is 17.0. The molecule has 2 heterocycles. The Morgan fingerprint density at radius 2 is 1.93 bits per heavy atom. The van der Waals surface area contributed by atoms with Crippen LogP contribution in [0.2, 0.25) is 0 Å². The Hall–Kier alpha value is -1.95. The Kier molecular flexibility index (Phi) is 6.15. The van der Waals surface area contributed by atoms with Gasteiger partial charge in [-0.3, -0.25) is 4.90 Å². The fraction of sp³-hybridized carbons (Fsp3) is 0.667. The Morgan fingerprint density at radius 1 is 1.19 bits per heavy atom. The summed E-state index contributed by atoms with van der Waals surface area (Å²) in [5, 5.41) is 0. The number of methoxy groups -OCH3 is 2. The second-order valence-corrected chi connectivity index (χ2v) is 8.08. The second kappa shape index (κ2) is 8.38. The molecule has 0 aliphatic carbocycles. The highest BCUT2D eigenvalue weighted by molar-refractivity contribution is 5.70. The number of likely N-dealkylation sites (tertiary alicyclic amines) is 1. The number of carbonyl (C=O) groups excluding carboxylic acids is 1. The van der Waals surface area contributed by atoms with E-state index < -0.39 is 0 Å². The molecule has 2 fully saturated rings. The van der Waals surface area contributed by atoms with Crippen LogP contribution in [0, 0.1) is 5.92 Å². The van der Waals surface area contributed by atoms with Gasteiger partial charge in [0.1, 0.15) is 5.60 Å². The Balaban J connectivity index is 1.58. The third-order valence-corrected chi connectivity index (χ3v) is 5.66. The predicted molar refractivity (Wildman–Crippen MR) is 104 cm³/mol. The topological polar surface area (TPSA) is 51.2 Å². The molecular formula is C21H32N2O4. The van der Waals surface area contributed by atoms with Crippen molar-refractivity contribution in [3.8, 4) is 11.5 Å². The zero-order chi connectivity index (χ0) is 19.4. The molecule has 2 aliphatic rings. The number of piperidine rings is 1. The fourth-order valence-electron chi connectivity index (χ4n) is 3.98. The monoisotopic (exact) mass is 376 g/mol. The summed E-state index contributed by atoms with van der Waals surface area (Å²) in [6, 6.07) is 5.99. The van der Waals surface area contributed by atoms with Crippen LogP contribution < -0.4 is 9.47 Å². The first kappa shape index (κ1) is 19.8. The summed E-state index contributed by atoms with van der Waals surface area (Å²) < 4.78 is 16.8. The van der Waals surface area contributed by atoms with Crippen molar-refractivity contribution in [3.63, 3.8) is 0 Å². The van der Waals surface area contributed by atoms with Gasteiger partial charge in [-0.1, -0.05) is 26.0 Å². The lowest BCUT2D eigenvalue weighted by atomic mass is 9.91. The third kappa shape index (κ3) is 4.49. The zero-order valence-electron chi connectivity index (χ0n) is 17.0. The maximum atomic E-state index is 12.2. The molecule has 0 N–H and O–H groups in total. The van der Waals surface area contributed by atoms with Crippen LogP contribution in [0.25, 0.3) is 0 Å². The molecule has 150 valence electrons. The van der Waals surface area contributed by atoms with Crippen LogP contribution in [0.3, 0.4) is 0 Å². The molecule has 0 bridgehead atoms. The number of hydrogen-bond donors (Lipinski definition) is 0. The molecular weight excluding hydrogens is 344 g/mol. The summed E-state index contributed by atoms with van der Waals surface area (Å²) in [4.78, 5) is 16.5. The van der Waals surface area contributed by atoms with Crippen molar-refractivity contribution in [2.24, 2.45) is 5.92 Å². The van der Waals surface area contributed by atoms with E-state index in [-0.39, 0.29) is 11.7 Å². The first-order valence-corrected chi connectivity index (χ1v) is 9.86. The molecule has 1 amide bonds. The molecule has 0 atom stereocenters. The van der Waals surface area contributed by atoms with E-state index >= 15 is 0 Å². The van der Waals surface area contributed by atoms with Crippen LogP contribution in [-0.4, -0.2) is 61.9 Å². The number of benzene rings is 1. The number of rotatable bonds is 7. The van der Waals surface area contributed by atoms with Crippen molar-refractivity contribution in [3.05, 3.63) is 23.8 Å². The van der Waals surface area contributed by atoms with Gasteiger partial charge in [0.05, 0.1) is 20.8 Å². The van der Waals surface area contributed by atoms with Crippen molar-refractivity contribution < 1.29 is 19.0 Å². The van der Waals surface area contributed by atoms with Crippen molar-refractivity contribution in [2.45, 2.75) is 45.3 Å². The van der Waals surface area contributed by atoms with Crippen LogP contribution in [0.4, 0.5) is 4.79 Å². The standard InChI is InChI=1S/C21H32N2O4/c1-16(2)8-11-23-15-21(27-20(23)24)9-12-22(13-10-21)14-17-6-5-7-18(25-3)19(17)26-4/h5-7,16H,8-15H2,1-4H3. The molecule has 0 saturated carbocycles. The van der Waals surface area contributed by atoms with Crippen LogP contribution in [0.1, 0.15) is 38.7 Å². The number of carbonyl (C=O) groups is 1. The van der Waals surface area contributed by atoms with Crippen LogP contribution in [-0.2, 0) is 11.3 Å². The molecule has 0 radical (unpaired) electrons. The number of para-hydroxylation sites is 1. The third-order valence-electron chi connectivity index (χ3n) is 5.66. The van der Waals surface area contributed by atoms with Gasteiger partial charge in [0.2, 0.25) is 0 Å². The van der Waals surface area contributed by atoms with E-state index in [2.05, 4.69) is 24.8 Å². The molecule has 6 heteroatoms.